The summed E-state index contributed by atoms with van der Waals surface area (Å²) in [5.41, 5.74) is 2.49. The highest BCUT2D eigenvalue weighted by Crippen LogP contribution is 2.17. The van der Waals surface area contributed by atoms with Gasteiger partial charge in [-0.1, -0.05) is 18.2 Å². The molecule has 0 spiro atoms. The van der Waals surface area contributed by atoms with E-state index >= 15 is 0 Å². The largest absolute Gasteiger partial charge is 0.376 e. The average Bonchev–Trinajstić information content (AvgIpc) is 3.02. The summed E-state index contributed by atoms with van der Waals surface area (Å²) in [6.45, 7) is 3.52. The average molecular weight is 316 g/mol. The lowest BCUT2D eigenvalue weighted by Crippen LogP contribution is -2.45. The van der Waals surface area contributed by atoms with Gasteiger partial charge in [-0.3, -0.25) is 4.99 Å². The summed E-state index contributed by atoms with van der Waals surface area (Å²) in [6, 6.07) is 8.36. The second-order valence-electron chi connectivity index (χ2n) is 5.56. The van der Waals surface area contributed by atoms with Gasteiger partial charge in [0.1, 0.15) is 0 Å². The molecule has 0 bridgehead atoms. The summed E-state index contributed by atoms with van der Waals surface area (Å²) in [4.78, 5) is 7.55. The quantitative estimate of drug-likeness (QED) is 0.574. The van der Waals surface area contributed by atoms with Gasteiger partial charge in [0.05, 0.1) is 25.9 Å². The lowest BCUT2D eigenvalue weighted by molar-refractivity contribution is -0.0850. The van der Waals surface area contributed by atoms with Gasteiger partial charge >= 0.3 is 0 Å². The number of aliphatic imine (C=N–C) groups is 1. The van der Waals surface area contributed by atoms with E-state index in [1.165, 1.54) is 16.5 Å². The first-order valence-electron chi connectivity index (χ1n) is 8.05. The van der Waals surface area contributed by atoms with E-state index in [1.807, 2.05) is 6.07 Å². The van der Waals surface area contributed by atoms with E-state index < -0.39 is 0 Å². The van der Waals surface area contributed by atoms with Crippen LogP contribution in [-0.2, 0) is 15.9 Å². The second-order valence-corrected chi connectivity index (χ2v) is 5.56. The normalized spacial score (nSPS) is 19.0. The van der Waals surface area contributed by atoms with E-state index in [1.54, 1.807) is 7.05 Å². The molecule has 1 saturated heterocycles. The Kier molecular flexibility index (Phi) is 5.50. The molecule has 3 rings (SSSR count). The minimum Gasteiger partial charge on any atom is -0.376 e. The smallest absolute Gasteiger partial charge is 0.191 e. The molecule has 0 amide bonds. The Labute approximate surface area is 136 Å². The molecule has 1 fully saturated rings. The number of fused-ring (bicyclic) bond motifs is 1. The maximum Gasteiger partial charge on any atom is 0.191 e. The molecule has 2 heterocycles. The zero-order valence-corrected chi connectivity index (χ0v) is 13.5. The molecule has 3 N–H and O–H groups in total. The first-order valence-corrected chi connectivity index (χ1v) is 8.05. The molecule has 1 atom stereocenters. The summed E-state index contributed by atoms with van der Waals surface area (Å²) in [7, 11) is 1.78. The van der Waals surface area contributed by atoms with Crippen molar-refractivity contribution in [3.8, 4) is 0 Å². The lowest BCUT2D eigenvalue weighted by atomic mass is 10.1. The van der Waals surface area contributed by atoms with Crippen LogP contribution in [0.2, 0.25) is 0 Å². The Hall–Kier alpha value is -2.05. The molecule has 23 heavy (non-hydrogen) atoms. The molecule has 124 valence electrons. The number of aromatic nitrogens is 1. The zero-order chi connectivity index (χ0) is 15.9. The third-order valence-electron chi connectivity index (χ3n) is 3.97. The maximum atomic E-state index is 5.61. The molecule has 1 aliphatic heterocycles. The van der Waals surface area contributed by atoms with Crippen LogP contribution in [0.4, 0.5) is 0 Å². The predicted octanol–water partition coefficient (Wildman–Crippen LogP) is 1.29. The van der Waals surface area contributed by atoms with E-state index in [0.717, 1.165) is 18.9 Å². The number of benzene rings is 1. The summed E-state index contributed by atoms with van der Waals surface area (Å²) in [5, 5.41) is 7.91. The molecular formula is C17H24N4O2. The van der Waals surface area contributed by atoms with Crippen molar-refractivity contribution in [3.63, 3.8) is 0 Å². The molecule has 0 saturated carbocycles. The van der Waals surface area contributed by atoms with Gasteiger partial charge in [-0.25, -0.2) is 0 Å². The number of rotatable bonds is 5. The lowest BCUT2D eigenvalue weighted by Gasteiger charge is -2.24. The number of hydrogen-bond donors (Lipinski definition) is 3. The number of para-hydroxylation sites is 1. The number of nitrogens with one attached hydrogen (secondary N) is 3. The molecule has 6 nitrogen and oxygen atoms in total. The second kappa shape index (κ2) is 7.99. The highest BCUT2D eigenvalue weighted by molar-refractivity contribution is 5.83. The summed E-state index contributed by atoms with van der Waals surface area (Å²) >= 11 is 0. The first-order chi connectivity index (χ1) is 11.4. The van der Waals surface area contributed by atoms with Crippen molar-refractivity contribution in [1.29, 1.82) is 0 Å². The molecule has 6 heteroatoms. The Balaban J connectivity index is 1.45. The molecule has 1 aromatic heterocycles. The topological polar surface area (TPSA) is 70.7 Å². The first kappa shape index (κ1) is 15.8. The number of aromatic amines is 1. The zero-order valence-electron chi connectivity index (χ0n) is 13.5. The van der Waals surface area contributed by atoms with Gasteiger partial charge in [0.15, 0.2) is 5.96 Å². The van der Waals surface area contributed by atoms with Crippen LogP contribution >= 0.6 is 0 Å². The van der Waals surface area contributed by atoms with Gasteiger partial charge in [-0.15, -0.1) is 0 Å². The molecule has 1 unspecified atom stereocenters. The fourth-order valence-corrected chi connectivity index (χ4v) is 2.74. The Morgan fingerprint density at radius 2 is 2.22 bits per heavy atom. The fraction of sp³-hybridized carbons (Fsp3) is 0.471. The van der Waals surface area contributed by atoms with Gasteiger partial charge in [0.2, 0.25) is 0 Å². The van der Waals surface area contributed by atoms with Crippen LogP contribution in [-0.4, -0.2) is 57.0 Å². The number of hydrogen-bond acceptors (Lipinski definition) is 3. The number of nitrogens with zero attached hydrogens (tertiary/aromatic N) is 1. The summed E-state index contributed by atoms with van der Waals surface area (Å²) in [5.74, 6) is 0.791. The standard InChI is InChI=1S/C17H24N4O2/c1-18-17(21-11-14-12-22-8-9-23-14)19-7-6-13-10-20-16-5-3-2-4-15(13)16/h2-5,10,14,20H,6-9,11-12H2,1H3,(H2,18,19,21). The maximum absolute atomic E-state index is 5.61. The van der Waals surface area contributed by atoms with Crippen molar-refractivity contribution in [2.45, 2.75) is 12.5 Å². The van der Waals surface area contributed by atoms with Crippen LogP contribution in [0.5, 0.6) is 0 Å². The van der Waals surface area contributed by atoms with Crippen molar-refractivity contribution < 1.29 is 9.47 Å². The van der Waals surface area contributed by atoms with Crippen LogP contribution in [0, 0.1) is 0 Å². The van der Waals surface area contributed by atoms with Gasteiger partial charge in [0.25, 0.3) is 0 Å². The molecule has 1 aromatic carbocycles. The number of guanidine groups is 1. The molecule has 0 aliphatic carbocycles. The van der Waals surface area contributed by atoms with Crippen LogP contribution in [0.1, 0.15) is 5.56 Å². The van der Waals surface area contributed by atoms with Gasteiger partial charge in [-0.2, -0.15) is 0 Å². The Bertz CT molecular complexity index is 647. The number of H-pyrrole nitrogens is 1. The predicted molar refractivity (Wildman–Crippen MR) is 91.9 cm³/mol. The Morgan fingerprint density at radius 3 is 3.04 bits per heavy atom. The van der Waals surface area contributed by atoms with E-state index in [-0.39, 0.29) is 6.10 Å². The highest BCUT2D eigenvalue weighted by Gasteiger charge is 2.14. The van der Waals surface area contributed by atoms with Gasteiger partial charge in [0, 0.05) is 37.2 Å². The van der Waals surface area contributed by atoms with E-state index in [4.69, 9.17) is 9.47 Å². The summed E-state index contributed by atoms with van der Waals surface area (Å²) < 4.78 is 11.0. The minimum atomic E-state index is 0.0934. The van der Waals surface area contributed by atoms with E-state index in [9.17, 15) is 0 Å². The minimum absolute atomic E-state index is 0.0934. The molecule has 2 aromatic rings. The highest BCUT2D eigenvalue weighted by atomic mass is 16.6. The van der Waals surface area contributed by atoms with Crippen molar-refractivity contribution in [1.82, 2.24) is 15.6 Å². The van der Waals surface area contributed by atoms with Crippen LogP contribution in [0.3, 0.4) is 0 Å². The molecule has 0 radical (unpaired) electrons. The van der Waals surface area contributed by atoms with E-state index in [0.29, 0.717) is 26.4 Å². The van der Waals surface area contributed by atoms with Crippen molar-refractivity contribution in [2.24, 2.45) is 4.99 Å². The third-order valence-corrected chi connectivity index (χ3v) is 3.97. The van der Waals surface area contributed by atoms with Crippen LogP contribution in [0.25, 0.3) is 10.9 Å². The molecular weight excluding hydrogens is 292 g/mol. The Morgan fingerprint density at radius 1 is 1.30 bits per heavy atom. The monoisotopic (exact) mass is 316 g/mol. The molecule has 1 aliphatic rings. The van der Waals surface area contributed by atoms with Crippen molar-refractivity contribution >= 4 is 16.9 Å². The van der Waals surface area contributed by atoms with E-state index in [2.05, 4.69) is 45.0 Å². The van der Waals surface area contributed by atoms with Crippen molar-refractivity contribution in [3.05, 3.63) is 36.0 Å². The fourth-order valence-electron chi connectivity index (χ4n) is 2.74. The van der Waals surface area contributed by atoms with Crippen LogP contribution < -0.4 is 10.6 Å². The third kappa shape index (κ3) is 4.24. The van der Waals surface area contributed by atoms with Crippen molar-refractivity contribution in [2.75, 3.05) is 40.0 Å². The number of ether oxygens (including phenoxy) is 2. The van der Waals surface area contributed by atoms with Gasteiger partial charge < -0.3 is 25.1 Å². The van der Waals surface area contributed by atoms with Crippen LogP contribution in [0.15, 0.2) is 35.5 Å². The van der Waals surface area contributed by atoms with Gasteiger partial charge in [-0.05, 0) is 18.1 Å². The SMILES string of the molecule is CN=C(NCCc1c[nH]c2ccccc12)NCC1COCCO1. The summed E-state index contributed by atoms with van der Waals surface area (Å²) in [6.07, 6.45) is 3.11.